The molecule has 21 heavy (non-hydrogen) atoms. The molecule has 3 N–H and O–H groups in total. The molecule has 4 heteroatoms. The normalized spacial score (nSPS) is 12.3. The van der Waals surface area contributed by atoms with Gasteiger partial charge in [0.2, 0.25) is 0 Å². The van der Waals surface area contributed by atoms with Crippen LogP contribution in [0.4, 0.5) is 5.69 Å². The van der Waals surface area contributed by atoms with E-state index in [2.05, 4.69) is 15.3 Å². The lowest BCUT2D eigenvalue weighted by atomic mass is 10.0. The first-order chi connectivity index (χ1) is 10.2. The average Bonchev–Trinajstić information content (AvgIpc) is 2.53. The Morgan fingerprint density at radius 1 is 1.00 bits per heavy atom. The topological polar surface area (TPSA) is 63.8 Å². The van der Waals surface area contributed by atoms with Crippen LogP contribution in [0.3, 0.4) is 0 Å². The summed E-state index contributed by atoms with van der Waals surface area (Å²) in [7, 11) is 1.90. The molecule has 1 aromatic heterocycles. The van der Waals surface area contributed by atoms with Gasteiger partial charge in [-0.25, -0.2) is 9.97 Å². The highest BCUT2D eigenvalue weighted by molar-refractivity contribution is 5.81. The van der Waals surface area contributed by atoms with Crippen molar-refractivity contribution < 1.29 is 0 Å². The van der Waals surface area contributed by atoms with E-state index in [1.807, 2.05) is 62.5 Å². The molecule has 0 saturated heterocycles. The molecule has 3 aromatic rings. The number of aromatic nitrogens is 2. The third-order valence-electron chi connectivity index (χ3n) is 3.60. The molecule has 106 valence electrons. The quantitative estimate of drug-likeness (QED) is 0.773. The van der Waals surface area contributed by atoms with E-state index in [1.165, 1.54) is 0 Å². The molecular formula is C17H18N4. The molecule has 0 saturated carbocycles. The smallest absolute Gasteiger partial charge is 0.126 e. The molecule has 1 atom stereocenters. The monoisotopic (exact) mass is 278 g/mol. The van der Waals surface area contributed by atoms with E-state index in [9.17, 15) is 0 Å². The number of rotatable bonds is 3. The minimum absolute atomic E-state index is 0.262. The minimum Gasteiger partial charge on any atom is -0.388 e. The lowest BCUT2D eigenvalue weighted by Gasteiger charge is -2.15. The van der Waals surface area contributed by atoms with Crippen LogP contribution in [0.1, 0.15) is 23.1 Å². The standard InChI is InChI=1S/C17H18N4/c1-11-20-15-6-4-3-5-14(15)17(21-11)16(18)12-7-9-13(19-2)10-8-12/h3-10,16,19H,18H2,1-2H3. The Morgan fingerprint density at radius 3 is 2.43 bits per heavy atom. The Balaban J connectivity index is 2.09. The van der Waals surface area contributed by atoms with Crippen molar-refractivity contribution in [2.75, 3.05) is 12.4 Å². The van der Waals surface area contributed by atoms with Gasteiger partial charge in [0.25, 0.3) is 0 Å². The number of nitrogens with zero attached hydrogens (tertiary/aromatic N) is 2. The fourth-order valence-corrected chi connectivity index (χ4v) is 2.47. The van der Waals surface area contributed by atoms with Crippen LogP contribution < -0.4 is 11.1 Å². The lowest BCUT2D eigenvalue weighted by molar-refractivity contribution is 0.823. The summed E-state index contributed by atoms with van der Waals surface area (Å²) in [5, 5.41) is 4.11. The summed E-state index contributed by atoms with van der Waals surface area (Å²) < 4.78 is 0. The van der Waals surface area contributed by atoms with E-state index < -0.39 is 0 Å². The maximum atomic E-state index is 6.43. The summed E-state index contributed by atoms with van der Waals surface area (Å²) >= 11 is 0. The highest BCUT2D eigenvalue weighted by atomic mass is 14.9. The van der Waals surface area contributed by atoms with Crippen molar-refractivity contribution in [2.24, 2.45) is 5.73 Å². The molecule has 4 nitrogen and oxygen atoms in total. The van der Waals surface area contributed by atoms with E-state index in [-0.39, 0.29) is 6.04 Å². The second-order valence-corrected chi connectivity index (χ2v) is 5.02. The Bertz CT molecular complexity index is 765. The third kappa shape index (κ3) is 2.58. The molecule has 2 aromatic carbocycles. The van der Waals surface area contributed by atoms with Gasteiger partial charge in [-0.3, -0.25) is 0 Å². The molecule has 1 unspecified atom stereocenters. The number of benzene rings is 2. The van der Waals surface area contributed by atoms with Crippen molar-refractivity contribution >= 4 is 16.6 Å². The number of aryl methyl sites for hydroxylation is 1. The third-order valence-corrected chi connectivity index (χ3v) is 3.60. The molecule has 0 aliphatic rings. The van der Waals surface area contributed by atoms with Gasteiger partial charge in [0, 0.05) is 18.1 Å². The minimum atomic E-state index is -0.262. The van der Waals surface area contributed by atoms with Crippen LogP contribution in [0.2, 0.25) is 0 Å². The number of hydrogen-bond donors (Lipinski definition) is 2. The Labute approximate surface area is 124 Å². The Kier molecular flexibility index (Phi) is 3.54. The molecule has 1 heterocycles. The van der Waals surface area contributed by atoms with Crippen molar-refractivity contribution in [1.29, 1.82) is 0 Å². The van der Waals surface area contributed by atoms with Gasteiger partial charge in [-0.1, -0.05) is 30.3 Å². The first-order valence-corrected chi connectivity index (χ1v) is 6.95. The van der Waals surface area contributed by atoms with Gasteiger partial charge in [0.1, 0.15) is 5.82 Å². The van der Waals surface area contributed by atoms with Crippen molar-refractivity contribution in [3.05, 3.63) is 65.6 Å². The Morgan fingerprint density at radius 2 is 1.71 bits per heavy atom. The molecule has 0 aliphatic carbocycles. The van der Waals surface area contributed by atoms with Crippen LogP contribution in [0.5, 0.6) is 0 Å². The van der Waals surface area contributed by atoms with Gasteiger partial charge < -0.3 is 11.1 Å². The molecule has 3 rings (SSSR count). The molecule has 0 aliphatic heterocycles. The van der Waals surface area contributed by atoms with Gasteiger partial charge in [0.05, 0.1) is 17.3 Å². The largest absolute Gasteiger partial charge is 0.388 e. The molecular weight excluding hydrogens is 260 g/mol. The van der Waals surface area contributed by atoms with E-state index in [1.54, 1.807) is 0 Å². The van der Waals surface area contributed by atoms with Gasteiger partial charge in [0.15, 0.2) is 0 Å². The number of anilines is 1. The van der Waals surface area contributed by atoms with Crippen LogP contribution in [0, 0.1) is 6.92 Å². The van der Waals surface area contributed by atoms with Crippen LogP contribution in [-0.4, -0.2) is 17.0 Å². The number of fused-ring (bicyclic) bond motifs is 1. The van der Waals surface area contributed by atoms with Gasteiger partial charge in [-0.15, -0.1) is 0 Å². The average molecular weight is 278 g/mol. The second-order valence-electron chi connectivity index (χ2n) is 5.02. The highest BCUT2D eigenvalue weighted by Crippen LogP contribution is 2.25. The zero-order valence-corrected chi connectivity index (χ0v) is 12.2. The summed E-state index contributed by atoms with van der Waals surface area (Å²) in [5.41, 5.74) is 10.3. The molecule has 0 bridgehead atoms. The first kappa shape index (κ1) is 13.5. The van der Waals surface area contributed by atoms with Crippen LogP contribution in [0.25, 0.3) is 10.9 Å². The predicted octanol–water partition coefficient (Wildman–Crippen LogP) is 3.03. The zero-order valence-electron chi connectivity index (χ0n) is 12.2. The summed E-state index contributed by atoms with van der Waals surface area (Å²) in [5.74, 6) is 0.742. The van der Waals surface area contributed by atoms with Gasteiger partial charge >= 0.3 is 0 Å². The summed E-state index contributed by atoms with van der Waals surface area (Å²) in [6.45, 7) is 1.90. The molecule has 0 amide bonds. The van der Waals surface area contributed by atoms with Gasteiger partial charge in [-0.2, -0.15) is 0 Å². The fraction of sp³-hybridized carbons (Fsp3) is 0.176. The van der Waals surface area contributed by atoms with E-state index in [0.717, 1.165) is 33.7 Å². The zero-order chi connectivity index (χ0) is 14.8. The lowest BCUT2D eigenvalue weighted by Crippen LogP contribution is -2.15. The van der Waals surface area contributed by atoms with Crippen molar-refractivity contribution in [2.45, 2.75) is 13.0 Å². The van der Waals surface area contributed by atoms with Crippen molar-refractivity contribution in [1.82, 2.24) is 9.97 Å². The number of hydrogen-bond acceptors (Lipinski definition) is 4. The fourth-order valence-electron chi connectivity index (χ4n) is 2.47. The summed E-state index contributed by atoms with van der Waals surface area (Å²) in [4.78, 5) is 9.03. The molecule has 0 fully saturated rings. The maximum absolute atomic E-state index is 6.43. The maximum Gasteiger partial charge on any atom is 0.126 e. The van der Waals surface area contributed by atoms with Crippen LogP contribution in [0.15, 0.2) is 48.5 Å². The highest BCUT2D eigenvalue weighted by Gasteiger charge is 2.15. The number of para-hydroxylation sites is 1. The second kappa shape index (κ2) is 5.50. The van der Waals surface area contributed by atoms with Gasteiger partial charge in [-0.05, 0) is 30.7 Å². The van der Waals surface area contributed by atoms with Crippen molar-refractivity contribution in [3.8, 4) is 0 Å². The number of nitrogens with two attached hydrogens (primary N) is 1. The van der Waals surface area contributed by atoms with E-state index in [4.69, 9.17) is 5.73 Å². The van der Waals surface area contributed by atoms with Crippen LogP contribution >= 0.6 is 0 Å². The summed E-state index contributed by atoms with van der Waals surface area (Å²) in [6.07, 6.45) is 0. The predicted molar refractivity (Wildman–Crippen MR) is 86.3 cm³/mol. The SMILES string of the molecule is CNc1ccc(C(N)c2nc(C)nc3ccccc23)cc1. The van der Waals surface area contributed by atoms with Crippen molar-refractivity contribution in [3.63, 3.8) is 0 Å². The van der Waals surface area contributed by atoms with Crippen LogP contribution in [-0.2, 0) is 0 Å². The summed E-state index contributed by atoms with van der Waals surface area (Å²) in [6, 6.07) is 15.8. The number of nitrogens with one attached hydrogen (secondary N) is 1. The Hall–Kier alpha value is -2.46. The first-order valence-electron chi connectivity index (χ1n) is 6.95. The molecule has 0 spiro atoms. The molecule has 0 radical (unpaired) electrons. The van der Waals surface area contributed by atoms with E-state index >= 15 is 0 Å². The van der Waals surface area contributed by atoms with E-state index in [0.29, 0.717) is 0 Å².